The van der Waals surface area contributed by atoms with Gasteiger partial charge in [-0.25, -0.2) is 4.68 Å². The molecule has 0 aliphatic carbocycles. The normalized spacial score (nSPS) is 11.5. The molecule has 1 N–H and O–H groups in total. The Balaban J connectivity index is 2.10. The largest absolute Gasteiger partial charge is 0.309 e. The molecule has 20 heavy (non-hydrogen) atoms. The SMILES string of the molecule is CCn1nc(C)c(Cl)c1Cn1cc(CNC(C)C)nn1. The molecule has 0 aliphatic rings. The molecule has 0 amide bonds. The van der Waals surface area contributed by atoms with Crippen molar-refractivity contribution in [2.24, 2.45) is 0 Å². The van der Waals surface area contributed by atoms with E-state index in [0.717, 1.165) is 30.2 Å². The van der Waals surface area contributed by atoms with Crippen LogP contribution in [-0.4, -0.2) is 30.8 Å². The van der Waals surface area contributed by atoms with Crippen LogP contribution in [0.25, 0.3) is 0 Å². The minimum Gasteiger partial charge on any atom is -0.309 e. The van der Waals surface area contributed by atoms with Crippen LogP contribution in [0.5, 0.6) is 0 Å². The van der Waals surface area contributed by atoms with Gasteiger partial charge in [0.05, 0.1) is 34.8 Å². The Bertz CT molecular complexity index is 571. The lowest BCUT2D eigenvalue weighted by Gasteiger charge is -2.05. The van der Waals surface area contributed by atoms with Crippen molar-refractivity contribution < 1.29 is 0 Å². The fourth-order valence-corrected chi connectivity index (χ4v) is 2.17. The molecule has 2 aromatic heterocycles. The van der Waals surface area contributed by atoms with Gasteiger partial charge in [-0.3, -0.25) is 4.68 Å². The van der Waals surface area contributed by atoms with Crippen LogP contribution >= 0.6 is 11.6 Å². The third kappa shape index (κ3) is 3.37. The quantitative estimate of drug-likeness (QED) is 0.886. The minimum atomic E-state index is 0.429. The fourth-order valence-electron chi connectivity index (χ4n) is 1.98. The van der Waals surface area contributed by atoms with Gasteiger partial charge in [0.25, 0.3) is 0 Å². The molecule has 0 saturated carbocycles. The van der Waals surface area contributed by atoms with E-state index < -0.39 is 0 Å². The maximum atomic E-state index is 6.29. The predicted octanol–water partition coefficient (Wildman–Crippen LogP) is 2.00. The molecule has 0 aromatic carbocycles. The van der Waals surface area contributed by atoms with Crippen molar-refractivity contribution in [3.05, 3.63) is 28.3 Å². The first-order valence-electron chi connectivity index (χ1n) is 6.85. The lowest BCUT2D eigenvalue weighted by molar-refractivity contribution is 0.564. The Hall–Kier alpha value is -1.40. The minimum absolute atomic E-state index is 0.429. The first-order valence-corrected chi connectivity index (χ1v) is 7.23. The molecule has 7 heteroatoms. The molecule has 0 unspecified atom stereocenters. The Kier molecular flexibility index (Phi) is 4.77. The maximum absolute atomic E-state index is 6.29. The van der Waals surface area contributed by atoms with Crippen molar-refractivity contribution in [3.8, 4) is 0 Å². The average molecular weight is 297 g/mol. The molecule has 0 aliphatic heterocycles. The summed E-state index contributed by atoms with van der Waals surface area (Å²) in [7, 11) is 0. The second-order valence-electron chi connectivity index (χ2n) is 5.10. The van der Waals surface area contributed by atoms with Crippen LogP contribution in [0.15, 0.2) is 6.20 Å². The summed E-state index contributed by atoms with van der Waals surface area (Å²) < 4.78 is 3.71. The molecule has 0 fully saturated rings. The van der Waals surface area contributed by atoms with E-state index in [4.69, 9.17) is 11.6 Å². The highest BCUT2D eigenvalue weighted by Crippen LogP contribution is 2.20. The molecule has 2 rings (SSSR count). The summed E-state index contributed by atoms with van der Waals surface area (Å²) in [6.07, 6.45) is 1.94. The summed E-state index contributed by atoms with van der Waals surface area (Å²) >= 11 is 6.29. The molecule has 2 aromatic rings. The van der Waals surface area contributed by atoms with Gasteiger partial charge < -0.3 is 5.32 Å². The van der Waals surface area contributed by atoms with Crippen LogP contribution in [-0.2, 0) is 19.6 Å². The second kappa shape index (κ2) is 6.37. The van der Waals surface area contributed by atoms with Crippen molar-refractivity contribution in [2.75, 3.05) is 0 Å². The molecular formula is C13H21ClN6. The summed E-state index contributed by atoms with van der Waals surface area (Å²) in [6.45, 7) is 10.3. The highest BCUT2D eigenvalue weighted by molar-refractivity contribution is 6.31. The Morgan fingerprint density at radius 1 is 1.40 bits per heavy atom. The zero-order chi connectivity index (χ0) is 14.7. The Morgan fingerprint density at radius 3 is 2.80 bits per heavy atom. The summed E-state index contributed by atoms with van der Waals surface area (Å²) in [5.41, 5.74) is 2.75. The van der Waals surface area contributed by atoms with E-state index in [1.807, 2.05) is 24.7 Å². The summed E-state index contributed by atoms with van der Waals surface area (Å²) in [5.74, 6) is 0. The number of aromatic nitrogens is 5. The van der Waals surface area contributed by atoms with E-state index in [0.29, 0.717) is 17.6 Å². The summed E-state index contributed by atoms with van der Waals surface area (Å²) in [4.78, 5) is 0. The molecular weight excluding hydrogens is 276 g/mol. The highest BCUT2D eigenvalue weighted by Gasteiger charge is 2.13. The Labute approximate surface area is 124 Å². The van der Waals surface area contributed by atoms with Gasteiger partial charge in [0.15, 0.2) is 0 Å². The molecule has 110 valence electrons. The zero-order valence-electron chi connectivity index (χ0n) is 12.4. The van der Waals surface area contributed by atoms with Crippen LogP contribution in [0.1, 0.15) is 37.9 Å². The van der Waals surface area contributed by atoms with Gasteiger partial charge in [0, 0.05) is 19.1 Å². The zero-order valence-corrected chi connectivity index (χ0v) is 13.1. The van der Waals surface area contributed by atoms with Crippen molar-refractivity contribution >= 4 is 11.6 Å². The fraction of sp³-hybridized carbons (Fsp3) is 0.615. The molecule has 2 heterocycles. The number of hydrogen-bond acceptors (Lipinski definition) is 4. The first kappa shape index (κ1) is 15.0. The van der Waals surface area contributed by atoms with Crippen LogP contribution < -0.4 is 5.32 Å². The van der Waals surface area contributed by atoms with Crippen LogP contribution in [0.4, 0.5) is 0 Å². The van der Waals surface area contributed by atoms with Crippen LogP contribution in [0.3, 0.4) is 0 Å². The monoisotopic (exact) mass is 296 g/mol. The van der Waals surface area contributed by atoms with Gasteiger partial charge >= 0.3 is 0 Å². The molecule has 6 nitrogen and oxygen atoms in total. The predicted molar refractivity (Wildman–Crippen MR) is 78.7 cm³/mol. The standard InChI is InChI=1S/C13H21ClN6/c1-5-20-12(13(14)10(4)17-20)8-19-7-11(16-18-19)6-15-9(2)3/h7,9,15H,5-6,8H2,1-4H3. The van der Waals surface area contributed by atoms with E-state index in [1.54, 1.807) is 4.68 Å². The molecule has 0 atom stereocenters. The van der Waals surface area contributed by atoms with E-state index in [9.17, 15) is 0 Å². The second-order valence-corrected chi connectivity index (χ2v) is 5.48. The van der Waals surface area contributed by atoms with Gasteiger partial charge in [-0.05, 0) is 13.8 Å². The number of rotatable bonds is 6. The van der Waals surface area contributed by atoms with Gasteiger partial charge in [-0.2, -0.15) is 5.10 Å². The number of hydrogen-bond donors (Lipinski definition) is 1. The lowest BCUT2D eigenvalue weighted by atomic mass is 10.3. The van der Waals surface area contributed by atoms with Gasteiger partial charge in [0.2, 0.25) is 0 Å². The summed E-state index contributed by atoms with van der Waals surface area (Å²) in [6, 6.07) is 0.429. The van der Waals surface area contributed by atoms with E-state index in [1.165, 1.54) is 0 Å². The maximum Gasteiger partial charge on any atom is 0.0965 e. The molecule has 0 saturated heterocycles. The number of halogens is 1. The first-order chi connectivity index (χ1) is 9.51. The Morgan fingerprint density at radius 2 is 2.15 bits per heavy atom. The van der Waals surface area contributed by atoms with Gasteiger partial charge in [0.1, 0.15) is 0 Å². The third-order valence-corrected chi connectivity index (χ3v) is 3.53. The van der Waals surface area contributed by atoms with Crippen LogP contribution in [0.2, 0.25) is 5.02 Å². The van der Waals surface area contributed by atoms with Crippen molar-refractivity contribution in [2.45, 2.75) is 53.4 Å². The number of aryl methyl sites for hydroxylation is 2. The summed E-state index contributed by atoms with van der Waals surface area (Å²) in [5, 5.41) is 16.7. The molecule has 0 radical (unpaired) electrons. The van der Waals surface area contributed by atoms with E-state index in [2.05, 4.69) is 34.6 Å². The van der Waals surface area contributed by atoms with Crippen molar-refractivity contribution in [3.63, 3.8) is 0 Å². The van der Waals surface area contributed by atoms with Gasteiger partial charge in [-0.1, -0.05) is 30.7 Å². The highest BCUT2D eigenvalue weighted by atomic mass is 35.5. The third-order valence-electron chi connectivity index (χ3n) is 3.04. The van der Waals surface area contributed by atoms with E-state index in [-0.39, 0.29) is 0 Å². The number of nitrogens with zero attached hydrogens (tertiary/aromatic N) is 5. The molecule has 0 bridgehead atoms. The van der Waals surface area contributed by atoms with Gasteiger partial charge in [-0.15, -0.1) is 5.10 Å². The average Bonchev–Trinajstić information content (AvgIpc) is 2.96. The van der Waals surface area contributed by atoms with Crippen molar-refractivity contribution in [1.82, 2.24) is 30.1 Å². The van der Waals surface area contributed by atoms with E-state index >= 15 is 0 Å². The molecule has 0 spiro atoms. The smallest absolute Gasteiger partial charge is 0.0965 e. The lowest BCUT2D eigenvalue weighted by Crippen LogP contribution is -2.21. The van der Waals surface area contributed by atoms with Crippen LogP contribution in [0, 0.1) is 6.92 Å². The topological polar surface area (TPSA) is 60.6 Å². The van der Waals surface area contributed by atoms with Crippen molar-refractivity contribution in [1.29, 1.82) is 0 Å². The number of nitrogens with one attached hydrogen (secondary N) is 1.